The number of nitrogens with two attached hydrogens (primary N) is 1. The van der Waals surface area contributed by atoms with Gasteiger partial charge in [0.25, 0.3) is 11.6 Å². The summed E-state index contributed by atoms with van der Waals surface area (Å²) in [6.45, 7) is 0. The Balaban J connectivity index is 1.87. The number of Topliss-reactive ketones (excluding diaryl/α,β-unsaturated/α-hetero) is 1. The minimum absolute atomic E-state index is 0.0416. The maximum Gasteiger partial charge on any atom is 0.274 e. The summed E-state index contributed by atoms with van der Waals surface area (Å²) in [5.41, 5.74) is 0.720. The highest BCUT2D eigenvalue weighted by atomic mass is 19.1. The molecule has 1 amide bonds. The molecular weight excluding hydrogens is 403 g/mol. The Kier molecular flexibility index (Phi) is 5.10. The second-order valence-corrected chi connectivity index (χ2v) is 6.75. The molecule has 0 saturated heterocycles. The summed E-state index contributed by atoms with van der Waals surface area (Å²) in [5.74, 6) is 3.93. The van der Waals surface area contributed by atoms with Gasteiger partial charge in [0.1, 0.15) is 5.82 Å². The molecule has 9 heteroatoms. The second kappa shape index (κ2) is 7.88. The monoisotopic (exact) mass is 418 g/mol. The quantitative estimate of drug-likeness (QED) is 0.174. The number of benzene rings is 3. The zero-order chi connectivity index (χ0) is 22.1. The van der Waals surface area contributed by atoms with E-state index in [9.17, 15) is 24.1 Å². The van der Waals surface area contributed by atoms with Crippen molar-refractivity contribution in [1.82, 2.24) is 0 Å². The number of amides is 1. The largest absolute Gasteiger partial charge is 0.291 e. The minimum Gasteiger partial charge on any atom is -0.291 e. The molecule has 154 valence electrons. The van der Waals surface area contributed by atoms with Gasteiger partial charge in [-0.05, 0) is 30.3 Å². The summed E-state index contributed by atoms with van der Waals surface area (Å²) in [5, 5.41) is 11.7. The molecule has 4 rings (SSSR count). The lowest BCUT2D eigenvalue weighted by Crippen LogP contribution is -2.46. The minimum atomic E-state index is -1.59. The Morgan fingerprint density at radius 1 is 1.00 bits per heavy atom. The standard InChI is InChI=1S/C22H15FN4O4/c23-17-7-3-1-5-15(17)19-16-6-2-4-8-18(16)26(24)22(29)20(25-19)21(28)13-9-11-14(12-10-13)27(30)31/h1-12,20H,24H2. The molecule has 1 unspecified atom stereocenters. The van der Waals surface area contributed by atoms with Crippen LogP contribution in [0.25, 0.3) is 0 Å². The van der Waals surface area contributed by atoms with Crippen LogP contribution in [0.5, 0.6) is 0 Å². The molecule has 1 aliphatic heterocycles. The van der Waals surface area contributed by atoms with Crippen LogP contribution in [-0.4, -0.2) is 28.4 Å². The first kappa shape index (κ1) is 20.0. The molecule has 0 aliphatic carbocycles. The number of carbonyl (C=O) groups excluding carboxylic acids is 2. The van der Waals surface area contributed by atoms with Gasteiger partial charge < -0.3 is 0 Å². The molecule has 1 atom stereocenters. The summed E-state index contributed by atoms with van der Waals surface area (Å²) in [6.07, 6.45) is 0. The molecule has 2 N–H and O–H groups in total. The van der Waals surface area contributed by atoms with Crippen LogP contribution >= 0.6 is 0 Å². The number of nitro groups is 1. The van der Waals surface area contributed by atoms with Crippen molar-refractivity contribution in [2.75, 3.05) is 5.01 Å². The van der Waals surface area contributed by atoms with Gasteiger partial charge in [-0.3, -0.25) is 24.7 Å². The van der Waals surface area contributed by atoms with Crippen LogP contribution in [0.15, 0.2) is 77.8 Å². The van der Waals surface area contributed by atoms with Crippen LogP contribution in [0.3, 0.4) is 0 Å². The number of fused-ring (bicyclic) bond motifs is 1. The molecule has 0 spiro atoms. The van der Waals surface area contributed by atoms with E-state index in [1.807, 2.05) is 0 Å². The van der Waals surface area contributed by atoms with Gasteiger partial charge in [0.05, 0.1) is 16.3 Å². The van der Waals surface area contributed by atoms with E-state index >= 15 is 0 Å². The van der Waals surface area contributed by atoms with Crippen molar-refractivity contribution in [3.8, 4) is 0 Å². The maximum absolute atomic E-state index is 14.6. The number of rotatable bonds is 4. The predicted octanol–water partition coefficient (Wildman–Crippen LogP) is 3.04. The fraction of sp³-hybridized carbons (Fsp3) is 0.0455. The Bertz CT molecular complexity index is 1240. The van der Waals surface area contributed by atoms with E-state index in [0.717, 1.165) is 17.1 Å². The molecule has 3 aromatic rings. The first-order valence-corrected chi connectivity index (χ1v) is 9.18. The van der Waals surface area contributed by atoms with Crippen molar-refractivity contribution in [2.24, 2.45) is 10.8 Å². The van der Waals surface area contributed by atoms with Crippen LogP contribution in [0.1, 0.15) is 21.5 Å². The number of ketones is 1. The highest BCUT2D eigenvalue weighted by Crippen LogP contribution is 2.28. The number of nitro benzene ring substituents is 1. The van der Waals surface area contributed by atoms with Gasteiger partial charge in [0.15, 0.2) is 11.8 Å². The summed E-state index contributed by atoms with van der Waals surface area (Å²) >= 11 is 0. The van der Waals surface area contributed by atoms with Crippen LogP contribution in [-0.2, 0) is 4.79 Å². The third-order valence-electron chi connectivity index (χ3n) is 4.89. The molecule has 1 heterocycles. The van der Waals surface area contributed by atoms with Gasteiger partial charge in [0.2, 0.25) is 0 Å². The number of anilines is 1. The van der Waals surface area contributed by atoms with Crippen molar-refractivity contribution in [2.45, 2.75) is 6.04 Å². The van der Waals surface area contributed by atoms with Gasteiger partial charge in [-0.2, -0.15) is 0 Å². The van der Waals surface area contributed by atoms with E-state index in [2.05, 4.69) is 4.99 Å². The predicted molar refractivity (Wildman–Crippen MR) is 111 cm³/mol. The topological polar surface area (TPSA) is 119 Å². The summed E-state index contributed by atoms with van der Waals surface area (Å²) < 4.78 is 14.6. The lowest BCUT2D eigenvalue weighted by atomic mass is 9.99. The second-order valence-electron chi connectivity index (χ2n) is 6.75. The zero-order valence-corrected chi connectivity index (χ0v) is 15.9. The number of benzodiazepines with no additional fused rings is 1. The molecule has 0 radical (unpaired) electrons. The number of para-hydroxylation sites is 1. The summed E-state index contributed by atoms with van der Waals surface area (Å²) in [6, 6.07) is 15.6. The van der Waals surface area contributed by atoms with Crippen molar-refractivity contribution in [3.63, 3.8) is 0 Å². The molecule has 0 bridgehead atoms. The van der Waals surface area contributed by atoms with Crippen molar-refractivity contribution in [3.05, 3.63) is 105 Å². The number of halogens is 1. The Labute approximate surface area is 175 Å². The van der Waals surface area contributed by atoms with E-state index < -0.39 is 28.5 Å². The van der Waals surface area contributed by atoms with Crippen molar-refractivity contribution in [1.29, 1.82) is 0 Å². The number of hydrogen-bond acceptors (Lipinski definition) is 6. The number of carbonyl (C=O) groups is 2. The number of aliphatic imine (C=N–C) groups is 1. The Hall–Kier alpha value is -4.24. The van der Waals surface area contributed by atoms with Crippen LogP contribution in [0, 0.1) is 15.9 Å². The molecule has 3 aromatic carbocycles. The molecule has 0 aromatic heterocycles. The third-order valence-corrected chi connectivity index (χ3v) is 4.89. The number of hydrogen-bond donors (Lipinski definition) is 1. The zero-order valence-electron chi connectivity index (χ0n) is 15.9. The smallest absolute Gasteiger partial charge is 0.274 e. The number of non-ortho nitro benzene ring substituents is 1. The van der Waals surface area contributed by atoms with E-state index in [1.165, 1.54) is 30.3 Å². The first-order valence-electron chi connectivity index (χ1n) is 9.18. The van der Waals surface area contributed by atoms with E-state index in [4.69, 9.17) is 5.84 Å². The molecular formula is C22H15FN4O4. The Morgan fingerprint density at radius 3 is 2.26 bits per heavy atom. The molecule has 0 fully saturated rings. The van der Waals surface area contributed by atoms with Crippen LogP contribution in [0.4, 0.5) is 15.8 Å². The summed E-state index contributed by atoms with van der Waals surface area (Å²) in [7, 11) is 0. The lowest BCUT2D eigenvalue weighted by molar-refractivity contribution is -0.384. The lowest BCUT2D eigenvalue weighted by Gasteiger charge is -2.19. The fourth-order valence-electron chi connectivity index (χ4n) is 3.33. The van der Waals surface area contributed by atoms with Gasteiger partial charge >= 0.3 is 0 Å². The molecule has 8 nitrogen and oxygen atoms in total. The summed E-state index contributed by atoms with van der Waals surface area (Å²) in [4.78, 5) is 40.8. The Morgan fingerprint density at radius 2 is 1.61 bits per heavy atom. The van der Waals surface area contributed by atoms with E-state index in [1.54, 1.807) is 30.3 Å². The highest BCUT2D eigenvalue weighted by molar-refractivity contribution is 6.25. The first-order chi connectivity index (χ1) is 14.9. The van der Waals surface area contributed by atoms with Gasteiger partial charge in [0, 0.05) is 28.8 Å². The number of nitrogens with zero attached hydrogens (tertiary/aromatic N) is 3. The SMILES string of the molecule is NN1C(=O)C(C(=O)c2ccc([N+](=O)[O-])cc2)N=C(c2ccccc2F)c2ccccc21. The van der Waals surface area contributed by atoms with E-state index in [-0.39, 0.29) is 28.2 Å². The van der Waals surface area contributed by atoms with Gasteiger partial charge in [-0.1, -0.05) is 30.3 Å². The number of hydrazine groups is 1. The van der Waals surface area contributed by atoms with Crippen molar-refractivity contribution >= 4 is 28.8 Å². The normalized spacial score (nSPS) is 15.7. The van der Waals surface area contributed by atoms with Crippen LogP contribution < -0.4 is 10.9 Å². The average molecular weight is 418 g/mol. The van der Waals surface area contributed by atoms with Crippen molar-refractivity contribution < 1.29 is 18.9 Å². The maximum atomic E-state index is 14.6. The van der Waals surface area contributed by atoms with Crippen LogP contribution in [0.2, 0.25) is 0 Å². The fourth-order valence-corrected chi connectivity index (χ4v) is 3.33. The highest BCUT2D eigenvalue weighted by Gasteiger charge is 2.36. The molecule has 31 heavy (non-hydrogen) atoms. The molecule has 0 saturated carbocycles. The molecule has 1 aliphatic rings. The van der Waals surface area contributed by atoms with Gasteiger partial charge in [-0.25, -0.2) is 15.2 Å². The third kappa shape index (κ3) is 3.58. The van der Waals surface area contributed by atoms with E-state index in [0.29, 0.717) is 5.56 Å². The van der Waals surface area contributed by atoms with Gasteiger partial charge in [-0.15, -0.1) is 0 Å². The average Bonchev–Trinajstić information content (AvgIpc) is 2.89.